The lowest BCUT2D eigenvalue weighted by Crippen LogP contribution is -2.33. The lowest BCUT2D eigenvalue weighted by atomic mass is 9.96. The number of rotatable bonds is 7. The molecule has 1 aromatic carbocycles. The fraction of sp³-hybridized carbons (Fsp3) is 0.444. The van der Waals surface area contributed by atoms with Gasteiger partial charge < -0.3 is 0 Å². The van der Waals surface area contributed by atoms with Gasteiger partial charge in [0.1, 0.15) is 0 Å². The van der Waals surface area contributed by atoms with Gasteiger partial charge in [0.25, 0.3) is 0 Å². The topological polar surface area (TPSA) is 77.0 Å². The van der Waals surface area contributed by atoms with Gasteiger partial charge in [-0.25, -0.2) is 14.2 Å². The molecule has 0 saturated carbocycles. The summed E-state index contributed by atoms with van der Waals surface area (Å²) in [7, 11) is 1.93. The smallest absolute Gasteiger partial charge is 0.158 e. The fourth-order valence-electron chi connectivity index (χ4n) is 4.95. The Morgan fingerprint density at radius 1 is 1.09 bits per heavy atom. The number of fused-ring (bicyclic) bond motifs is 1. The molecule has 0 bridgehead atoms. The summed E-state index contributed by atoms with van der Waals surface area (Å²) in [5.74, 6) is 1.48. The van der Waals surface area contributed by atoms with Gasteiger partial charge in [0, 0.05) is 43.4 Å². The summed E-state index contributed by atoms with van der Waals surface area (Å²) in [5, 5.41) is 16.7. The van der Waals surface area contributed by atoms with Crippen molar-refractivity contribution in [3.63, 3.8) is 0 Å². The maximum absolute atomic E-state index is 4.84. The first-order valence-electron chi connectivity index (χ1n) is 12.6. The second kappa shape index (κ2) is 10.1. The number of hydrogen-bond acceptors (Lipinski definition) is 6. The summed E-state index contributed by atoms with van der Waals surface area (Å²) >= 11 is 0. The normalized spacial score (nSPS) is 15.5. The Balaban J connectivity index is 1.19. The third-order valence-electron chi connectivity index (χ3n) is 7.20. The molecule has 4 aromatic rings. The number of likely N-dealkylation sites (tertiary alicyclic amines) is 1. The molecule has 5 rings (SSSR count). The van der Waals surface area contributed by atoms with E-state index in [9.17, 15) is 0 Å². The van der Waals surface area contributed by atoms with Crippen molar-refractivity contribution in [2.75, 3.05) is 19.6 Å². The molecule has 3 aromatic heterocycles. The molecule has 1 fully saturated rings. The zero-order valence-corrected chi connectivity index (χ0v) is 21.1. The molecule has 1 saturated heterocycles. The third kappa shape index (κ3) is 5.03. The number of nitrogens with zero attached hydrogens (tertiary/aromatic N) is 8. The maximum atomic E-state index is 4.84. The molecular weight excluding hydrogens is 436 g/mol. The Kier molecular flexibility index (Phi) is 6.72. The predicted molar refractivity (Wildman–Crippen MR) is 137 cm³/mol. The summed E-state index contributed by atoms with van der Waals surface area (Å²) in [4.78, 5) is 7.34. The van der Waals surface area contributed by atoms with E-state index in [-0.39, 0.29) is 0 Å². The van der Waals surface area contributed by atoms with Crippen LogP contribution in [0.3, 0.4) is 0 Å². The Bertz CT molecular complexity index is 1320. The molecule has 182 valence electrons. The van der Waals surface area contributed by atoms with Gasteiger partial charge in [-0.15, -0.1) is 5.10 Å². The molecule has 0 unspecified atom stereocenters. The number of piperidine rings is 1. The van der Waals surface area contributed by atoms with Crippen molar-refractivity contribution in [3.05, 3.63) is 76.0 Å². The number of aromatic nitrogens is 7. The van der Waals surface area contributed by atoms with Crippen LogP contribution in [0, 0.1) is 13.8 Å². The number of hydrogen-bond donors (Lipinski definition) is 0. The van der Waals surface area contributed by atoms with Crippen LogP contribution in [0.2, 0.25) is 0 Å². The van der Waals surface area contributed by atoms with Crippen molar-refractivity contribution in [1.82, 2.24) is 39.7 Å². The lowest BCUT2D eigenvalue weighted by molar-refractivity contribution is 0.227. The van der Waals surface area contributed by atoms with Crippen LogP contribution in [0.25, 0.3) is 11.7 Å². The largest absolute Gasteiger partial charge is 0.300 e. The van der Waals surface area contributed by atoms with E-state index < -0.39 is 0 Å². The van der Waals surface area contributed by atoms with Crippen LogP contribution in [0.4, 0.5) is 0 Å². The number of aryl methyl sites for hydroxylation is 4. The van der Waals surface area contributed by atoms with Crippen molar-refractivity contribution in [2.24, 2.45) is 7.05 Å². The van der Waals surface area contributed by atoms with Crippen molar-refractivity contribution in [2.45, 2.75) is 52.4 Å². The standard InChI is InChI=1S/C27H34N8/c1-5-25-24(27-28-20(3)19(2)18-35(27)30-25)17-22-10-8-21(9-11-22)7-6-14-34-15-12-23(13-16-34)26-29-31-32-33(26)4/h6-11,18,23H,5,12-17H2,1-4H3. The van der Waals surface area contributed by atoms with Gasteiger partial charge in [-0.1, -0.05) is 43.3 Å². The summed E-state index contributed by atoms with van der Waals surface area (Å²) in [5.41, 5.74) is 8.09. The van der Waals surface area contributed by atoms with E-state index in [1.807, 2.05) is 11.6 Å². The van der Waals surface area contributed by atoms with Gasteiger partial charge in [-0.2, -0.15) is 5.10 Å². The molecule has 1 aliphatic rings. The quantitative estimate of drug-likeness (QED) is 0.408. The lowest BCUT2D eigenvalue weighted by Gasteiger charge is -2.30. The molecule has 0 aliphatic carbocycles. The van der Waals surface area contributed by atoms with Gasteiger partial charge in [-0.05, 0) is 73.3 Å². The van der Waals surface area contributed by atoms with Crippen LogP contribution >= 0.6 is 0 Å². The van der Waals surface area contributed by atoms with Gasteiger partial charge in [0.15, 0.2) is 11.5 Å². The highest BCUT2D eigenvalue weighted by molar-refractivity contribution is 5.55. The minimum Gasteiger partial charge on any atom is -0.300 e. The first kappa shape index (κ1) is 23.4. The third-order valence-corrected chi connectivity index (χ3v) is 7.20. The minimum atomic E-state index is 0.465. The highest BCUT2D eigenvalue weighted by Crippen LogP contribution is 2.25. The molecule has 0 spiro atoms. The first-order chi connectivity index (χ1) is 17.0. The van der Waals surface area contributed by atoms with Crippen LogP contribution in [-0.2, 0) is 19.9 Å². The zero-order chi connectivity index (χ0) is 24.4. The van der Waals surface area contributed by atoms with Crippen LogP contribution in [0.1, 0.15) is 65.1 Å². The highest BCUT2D eigenvalue weighted by atomic mass is 15.5. The van der Waals surface area contributed by atoms with Crippen LogP contribution in [0.15, 0.2) is 36.5 Å². The van der Waals surface area contributed by atoms with E-state index in [2.05, 4.69) is 83.8 Å². The van der Waals surface area contributed by atoms with E-state index >= 15 is 0 Å². The van der Waals surface area contributed by atoms with Gasteiger partial charge >= 0.3 is 0 Å². The Labute approximate surface area is 206 Å². The second-order valence-corrected chi connectivity index (χ2v) is 9.61. The van der Waals surface area contributed by atoms with Crippen LogP contribution in [-0.4, -0.2) is 59.3 Å². The Hall–Kier alpha value is -3.39. The Morgan fingerprint density at radius 3 is 2.54 bits per heavy atom. The summed E-state index contributed by atoms with van der Waals surface area (Å²) < 4.78 is 3.75. The molecular formula is C27H34N8. The molecule has 0 N–H and O–H groups in total. The molecule has 0 amide bonds. The van der Waals surface area contributed by atoms with E-state index in [0.717, 1.165) is 73.7 Å². The molecule has 4 heterocycles. The predicted octanol–water partition coefficient (Wildman–Crippen LogP) is 3.92. The van der Waals surface area contributed by atoms with Gasteiger partial charge in [-0.3, -0.25) is 4.90 Å². The number of tetrazole rings is 1. The van der Waals surface area contributed by atoms with Crippen LogP contribution < -0.4 is 0 Å². The van der Waals surface area contributed by atoms with Crippen LogP contribution in [0.5, 0.6) is 0 Å². The van der Waals surface area contributed by atoms with E-state index in [1.165, 1.54) is 16.7 Å². The Morgan fingerprint density at radius 2 is 1.86 bits per heavy atom. The van der Waals surface area contributed by atoms with Crippen molar-refractivity contribution >= 4 is 11.7 Å². The first-order valence-corrected chi connectivity index (χ1v) is 12.6. The average Bonchev–Trinajstić information content (AvgIpc) is 3.44. The van der Waals surface area contributed by atoms with Crippen molar-refractivity contribution in [3.8, 4) is 0 Å². The van der Waals surface area contributed by atoms with E-state index in [4.69, 9.17) is 10.1 Å². The van der Waals surface area contributed by atoms with Crippen molar-refractivity contribution in [1.29, 1.82) is 0 Å². The minimum absolute atomic E-state index is 0.465. The summed E-state index contributed by atoms with van der Waals surface area (Å²) in [6.45, 7) is 9.43. The van der Waals surface area contributed by atoms with E-state index in [1.54, 1.807) is 4.68 Å². The molecule has 35 heavy (non-hydrogen) atoms. The monoisotopic (exact) mass is 470 g/mol. The van der Waals surface area contributed by atoms with Gasteiger partial charge in [0.2, 0.25) is 0 Å². The second-order valence-electron chi connectivity index (χ2n) is 9.61. The maximum Gasteiger partial charge on any atom is 0.158 e. The molecule has 0 radical (unpaired) electrons. The van der Waals surface area contributed by atoms with E-state index in [0.29, 0.717) is 5.92 Å². The molecule has 0 atom stereocenters. The van der Waals surface area contributed by atoms with Gasteiger partial charge in [0.05, 0.1) is 5.69 Å². The zero-order valence-electron chi connectivity index (χ0n) is 21.1. The average molecular weight is 471 g/mol. The molecule has 8 nitrogen and oxygen atoms in total. The summed E-state index contributed by atoms with van der Waals surface area (Å²) in [6.07, 6.45) is 10.6. The SMILES string of the molecule is CCc1nn2cc(C)c(C)nc2c1Cc1ccc(C=CCN2CCC(c3nnnn3C)CC2)cc1. The van der Waals surface area contributed by atoms with Crippen molar-refractivity contribution < 1.29 is 0 Å². The highest BCUT2D eigenvalue weighted by Gasteiger charge is 2.23. The molecule has 8 heteroatoms. The fourth-order valence-corrected chi connectivity index (χ4v) is 4.95. The molecule has 1 aliphatic heterocycles. The summed E-state index contributed by atoms with van der Waals surface area (Å²) in [6, 6.07) is 8.87. The number of benzene rings is 1.